The van der Waals surface area contributed by atoms with Crippen LogP contribution < -0.4 is 10.0 Å². The molecule has 0 unspecified atom stereocenters. The van der Waals surface area contributed by atoms with Crippen molar-refractivity contribution in [3.63, 3.8) is 0 Å². The highest BCUT2D eigenvalue weighted by Crippen LogP contribution is 2.09. The van der Waals surface area contributed by atoms with Crippen molar-refractivity contribution < 1.29 is 8.42 Å². The maximum Gasteiger partial charge on any atom is 0.216 e. The highest BCUT2D eigenvalue weighted by molar-refractivity contribution is 7.88. The number of rotatable bonds is 4. The lowest BCUT2D eigenvalue weighted by Crippen LogP contribution is -2.36. The standard InChI is InChI=1S/C12H15N3O2S/c13-7-10-1-3-11(4-2-10)9-18(16,17)15-12-5-6-14-8-12/h1-4,12,14-15H,5-6,8-9H2/t12-/m1/s1. The third-order valence-electron chi connectivity index (χ3n) is 2.85. The van der Waals surface area contributed by atoms with Gasteiger partial charge in [0.25, 0.3) is 0 Å². The van der Waals surface area contributed by atoms with E-state index in [4.69, 9.17) is 5.26 Å². The number of benzene rings is 1. The summed E-state index contributed by atoms with van der Waals surface area (Å²) in [6.07, 6.45) is 0.826. The number of hydrogen-bond acceptors (Lipinski definition) is 4. The molecule has 2 N–H and O–H groups in total. The molecule has 96 valence electrons. The molecule has 1 atom stereocenters. The molecule has 1 saturated heterocycles. The number of nitriles is 1. The second-order valence-corrected chi connectivity index (χ2v) is 6.13. The Morgan fingerprint density at radius 2 is 2.11 bits per heavy atom. The third kappa shape index (κ3) is 3.53. The van der Waals surface area contributed by atoms with Gasteiger partial charge in [0.15, 0.2) is 0 Å². The minimum Gasteiger partial charge on any atom is -0.315 e. The molecule has 0 amide bonds. The van der Waals surface area contributed by atoms with Crippen LogP contribution in [0.2, 0.25) is 0 Å². The number of nitrogens with one attached hydrogen (secondary N) is 2. The van der Waals surface area contributed by atoms with Crippen LogP contribution in [0.15, 0.2) is 24.3 Å². The fourth-order valence-electron chi connectivity index (χ4n) is 1.95. The molecule has 6 heteroatoms. The summed E-state index contributed by atoms with van der Waals surface area (Å²) in [5.74, 6) is -0.0464. The van der Waals surface area contributed by atoms with Crippen LogP contribution in [0.25, 0.3) is 0 Å². The lowest BCUT2D eigenvalue weighted by molar-refractivity contribution is 0.559. The summed E-state index contributed by atoms with van der Waals surface area (Å²) in [6, 6.07) is 8.59. The van der Waals surface area contributed by atoms with E-state index in [-0.39, 0.29) is 11.8 Å². The fraction of sp³-hybridized carbons (Fsp3) is 0.417. The summed E-state index contributed by atoms with van der Waals surface area (Å²) in [6.45, 7) is 1.54. The predicted molar refractivity (Wildman–Crippen MR) is 68.2 cm³/mol. The highest BCUT2D eigenvalue weighted by Gasteiger charge is 2.21. The van der Waals surface area contributed by atoms with Crippen LogP contribution in [0.4, 0.5) is 0 Å². The largest absolute Gasteiger partial charge is 0.315 e. The maximum atomic E-state index is 11.9. The molecule has 18 heavy (non-hydrogen) atoms. The van der Waals surface area contributed by atoms with E-state index >= 15 is 0 Å². The Labute approximate surface area is 107 Å². The molecule has 5 nitrogen and oxygen atoms in total. The van der Waals surface area contributed by atoms with Gasteiger partial charge in [-0.25, -0.2) is 13.1 Å². The monoisotopic (exact) mass is 265 g/mol. The zero-order valence-electron chi connectivity index (χ0n) is 9.89. The van der Waals surface area contributed by atoms with Crippen LogP contribution in [-0.2, 0) is 15.8 Å². The minimum absolute atomic E-state index is 0.00613. The number of hydrogen-bond donors (Lipinski definition) is 2. The average molecular weight is 265 g/mol. The highest BCUT2D eigenvalue weighted by atomic mass is 32.2. The maximum absolute atomic E-state index is 11.9. The topological polar surface area (TPSA) is 82.0 Å². The van der Waals surface area contributed by atoms with E-state index in [9.17, 15) is 8.42 Å². The van der Waals surface area contributed by atoms with Crippen LogP contribution in [0.3, 0.4) is 0 Å². The second-order valence-electron chi connectivity index (χ2n) is 4.38. The Balaban J connectivity index is 2.00. The molecule has 0 spiro atoms. The van der Waals surface area contributed by atoms with Crippen molar-refractivity contribution in [2.75, 3.05) is 13.1 Å². The van der Waals surface area contributed by atoms with Crippen molar-refractivity contribution in [2.45, 2.75) is 18.2 Å². The second kappa shape index (κ2) is 5.48. The van der Waals surface area contributed by atoms with Crippen LogP contribution in [-0.4, -0.2) is 27.5 Å². The van der Waals surface area contributed by atoms with Crippen molar-refractivity contribution in [3.05, 3.63) is 35.4 Å². The zero-order valence-corrected chi connectivity index (χ0v) is 10.7. The van der Waals surface area contributed by atoms with Crippen molar-refractivity contribution in [3.8, 4) is 6.07 Å². The minimum atomic E-state index is -3.31. The van der Waals surface area contributed by atoms with E-state index in [0.29, 0.717) is 17.7 Å². The molecular formula is C12H15N3O2S. The summed E-state index contributed by atoms with van der Waals surface area (Å²) in [5, 5.41) is 11.8. The van der Waals surface area contributed by atoms with Crippen molar-refractivity contribution >= 4 is 10.0 Å². The first kappa shape index (κ1) is 13.0. The Morgan fingerprint density at radius 1 is 1.39 bits per heavy atom. The van der Waals surface area contributed by atoms with Gasteiger partial charge in [-0.3, -0.25) is 0 Å². The van der Waals surface area contributed by atoms with Gasteiger partial charge < -0.3 is 5.32 Å². The molecule has 1 aromatic carbocycles. The van der Waals surface area contributed by atoms with Crippen LogP contribution in [0.1, 0.15) is 17.5 Å². The van der Waals surface area contributed by atoms with E-state index in [1.165, 1.54) is 0 Å². The molecular weight excluding hydrogens is 250 g/mol. The first-order chi connectivity index (χ1) is 8.59. The molecule has 0 saturated carbocycles. The quantitative estimate of drug-likeness (QED) is 0.822. The summed E-state index contributed by atoms with van der Waals surface area (Å²) < 4.78 is 26.5. The number of nitrogens with zero attached hydrogens (tertiary/aromatic N) is 1. The summed E-state index contributed by atoms with van der Waals surface area (Å²) in [5.41, 5.74) is 1.22. The van der Waals surface area contributed by atoms with Gasteiger partial charge in [-0.1, -0.05) is 12.1 Å². The zero-order chi connectivity index (χ0) is 13.0. The van der Waals surface area contributed by atoms with Gasteiger partial charge in [0.2, 0.25) is 10.0 Å². The van der Waals surface area contributed by atoms with Crippen LogP contribution in [0, 0.1) is 11.3 Å². The van der Waals surface area contributed by atoms with Crippen LogP contribution >= 0.6 is 0 Å². The van der Waals surface area contributed by atoms with E-state index in [1.807, 2.05) is 6.07 Å². The molecule has 0 aliphatic carbocycles. The van der Waals surface area contributed by atoms with E-state index in [1.54, 1.807) is 24.3 Å². The first-order valence-corrected chi connectivity index (χ1v) is 7.44. The van der Waals surface area contributed by atoms with Crippen LogP contribution in [0.5, 0.6) is 0 Å². The predicted octanol–water partition coefficient (Wildman–Crippen LogP) is 0.340. The van der Waals surface area contributed by atoms with Crippen molar-refractivity contribution in [1.82, 2.24) is 10.0 Å². The SMILES string of the molecule is N#Cc1ccc(CS(=O)(=O)N[C@@H]2CCNC2)cc1. The van der Waals surface area contributed by atoms with Gasteiger partial charge >= 0.3 is 0 Å². The third-order valence-corrected chi connectivity index (χ3v) is 4.25. The molecule has 1 heterocycles. The van der Waals surface area contributed by atoms with Gasteiger partial charge in [-0.05, 0) is 30.7 Å². The summed E-state index contributed by atoms with van der Waals surface area (Å²) in [4.78, 5) is 0. The lowest BCUT2D eigenvalue weighted by Gasteiger charge is -2.11. The molecule has 1 aliphatic heterocycles. The van der Waals surface area contributed by atoms with Gasteiger partial charge in [0.1, 0.15) is 0 Å². The molecule has 1 fully saturated rings. The van der Waals surface area contributed by atoms with Gasteiger partial charge in [0, 0.05) is 12.6 Å². The normalized spacial score (nSPS) is 19.6. The molecule has 1 aliphatic rings. The van der Waals surface area contributed by atoms with E-state index < -0.39 is 10.0 Å². The summed E-state index contributed by atoms with van der Waals surface area (Å²) in [7, 11) is -3.31. The van der Waals surface area contributed by atoms with Crippen molar-refractivity contribution in [1.29, 1.82) is 5.26 Å². The Bertz CT molecular complexity index is 540. The summed E-state index contributed by atoms with van der Waals surface area (Å²) >= 11 is 0. The molecule has 0 aromatic heterocycles. The average Bonchev–Trinajstić information content (AvgIpc) is 2.81. The number of sulfonamides is 1. The lowest BCUT2D eigenvalue weighted by atomic mass is 10.2. The van der Waals surface area contributed by atoms with E-state index in [0.717, 1.165) is 13.0 Å². The molecule has 0 radical (unpaired) electrons. The molecule has 2 rings (SSSR count). The van der Waals surface area contributed by atoms with Gasteiger partial charge in [0.05, 0.1) is 17.4 Å². The first-order valence-electron chi connectivity index (χ1n) is 5.79. The fourth-order valence-corrected chi connectivity index (χ4v) is 3.37. The van der Waals surface area contributed by atoms with Crippen molar-refractivity contribution in [2.24, 2.45) is 0 Å². The smallest absolute Gasteiger partial charge is 0.216 e. The van der Waals surface area contributed by atoms with Gasteiger partial charge in [-0.2, -0.15) is 5.26 Å². The molecule has 0 bridgehead atoms. The Morgan fingerprint density at radius 3 is 2.67 bits per heavy atom. The van der Waals surface area contributed by atoms with Gasteiger partial charge in [-0.15, -0.1) is 0 Å². The van der Waals surface area contributed by atoms with E-state index in [2.05, 4.69) is 10.0 Å². The molecule has 1 aromatic rings. The Hall–Kier alpha value is -1.42. The Kier molecular flexibility index (Phi) is 3.97.